The van der Waals surface area contributed by atoms with E-state index < -0.39 is 0 Å². The van der Waals surface area contributed by atoms with E-state index in [-0.39, 0.29) is 0 Å². The van der Waals surface area contributed by atoms with Crippen LogP contribution in [0.25, 0.3) is 10.6 Å². The first-order chi connectivity index (χ1) is 14.4. The molecule has 2 aromatic carbocycles. The molecule has 0 aliphatic carbocycles. The maximum atomic E-state index is 5.45. The number of hydrogen-bond acceptors (Lipinski definition) is 6. The Morgan fingerprint density at radius 2 is 1.59 bits per heavy atom. The Bertz CT molecular complexity index is 997. The standard InChI is InChI=1S/C22H23N5OS/c1-3-7-17(8-4-1)20-21(18-9-5-2-6-10-18)29-22-24-23-19(27(22)25-20)11-12-26-13-15-28-16-14-26/h1-10,25H,11-16H2. The number of rotatable bonds is 5. The molecule has 0 radical (unpaired) electrons. The summed E-state index contributed by atoms with van der Waals surface area (Å²) in [4.78, 5) is 3.58. The first kappa shape index (κ1) is 18.4. The Morgan fingerprint density at radius 1 is 0.897 bits per heavy atom. The Morgan fingerprint density at radius 3 is 2.31 bits per heavy atom. The maximum absolute atomic E-state index is 5.45. The molecule has 1 fully saturated rings. The molecule has 0 bridgehead atoms. The van der Waals surface area contributed by atoms with Crippen LogP contribution in [0, 0.1) is 0 Å². The molecule has 3 heterocycles. The van der Waals surface area contributed by atoms with Crippen molar-refractivity contribution in [2.24, 2.45) is 0 Å². The van der Waals surface area contributed by atoms with Crippen molar-refractivity contribution in [3.63, 3.8) is 0 Å². The molecule has 2 aliphatic heterocycles. The number of thioether (sulfide) groups is 1. The molecule has 0 atom stereocenters. The van der Waals surface area contributed by atoms with Crippen LogP contribution in [-0.4, -0.2) is 52.6 Å². The fourth-order valence-corrected chi connectivity index (χ4v) is 4.65. The molecule has 0 unspecified atom stereocenters. The number of hydrogen-bond donors (Lipinski definition) is 1. The first-order valence-corrected chi connectivity index (χ1v) is 10.7. The normalized spacial score (nSPS) is 17.1. The molecule has 0 spiro atoms. The van der Waals surface area contributed by atoms with E-state index in [1.807, 2.05) is 16.8 Å². The lowest BCUT2D eigenvalue weighted by Gasteiger charge is -2.27. The molecule has 1 aromatic heterocycles. The summed E-state index contributed by atoms with van der Waals surface area (Å²) in [7, 11) is 0. The third kappa shape index (κ3) is 3.94. The molecule has 7 heteroatoms. The molecule has 3 aromatic rings. The zero-order valence-electron chi connectivity index (χ0n) is 16.1. The lowest BCUT2D eigenvalue weighted by atomic mass is 10.1. The molecule has 148 valence electrons. The highest BCUT2D eigenvalue weighted by Gasteiger charge is 2.25. The highest BCUT2D eigenvalue weighted by Crippen LogP contribution is 2.41. The van der Waals surface area contributed by atoms with E-state index in [2.05, 4.69) is 69.1 Å². The smallest absolute Gasteiger partial charge is 0.215 e. The van der Waals surface area contributed by atoms with Crippen LogP contribution >= 0.6 is 11.8 Å². The van der Waals surface area contributed by atoms with Crippen LogP contribution in [0.5, 0.6) is 0 Å². The van der Waals surface area contributed by atoms with Crippen molar-refractivity contribution >= 4 is 22.4 Å². The number of benzene rings is 2. The van der Waals surface area contributed by atoms with Gasteiger partial charge in [-0.3, -0.25) is 10.3 Å². The fraction of sp³-hybridized carbons (Fsp3) is 0.273. The van der Waals surface area contributed by atoms with Crippen LogP contribution in [0.2, 0.25) is 0 Å². The van der Waals surface area contributed by atoms with Gasteiger partial charge in [-0.25, -0.2) is 4.68 Å². The van der Waals surface area contributed by atoms with Gasteiger partial charge in [0.05, 0.1) is 18.9 Å². The minimum Gasteiger partial charge on any atom is -0.379 e. The number of morpholine rings is 1. The Hall–Kier alpha value is -2.61. The highest BCUT2D eigenvalue weighted by molar-refractivity contribution is 8.08. The lowest BCUT2D eigenvalue weighted by Crippen LogP contribution is -2.38. The van der Waals surface area contributed by atoms with Crippen molar-refractivity contribution < 1.29 is 4.74 Å². The van der Waals surface area contributed by atoms with Gasteiger partial charge in [0.1, 0.15) is 0 Å². The first-order valence-electron chi connectivity index (χ1n) is 9.93. The molecule has 6 nitrogen and oxygen atoms in total. The lowest BCUT2D eigenvalue weighted by molar-refractivity contribution is 0.0381. The van der Waals surface area contributed by atoms with Gasteiger partial charge in [-0.05, 0) is 17.3 Å². The van der Waals surface area contributed by atoms with Crippen LogP contribution in [0.4, 0.5) is 0 Å². The van der Waals surface area contributed by atoms with Gasteiger partial charge in [-0.15, -0.1) is 10.2 Å². The summed E-state index contributed by atoms with van der Waals surface area (Å²) in [6, 6.07) is 20.9. The van der Waals surface area contributed by atoms with Crippen molar-refractivity contribution in [3.8, 4) is 0 Å². The highest BCUT2D eigenvalue weighted by atomic mass is 32.2. The van der Waals surface area contributed by atoms with Crippen molar-refractivity contribution in [1.82, 2.24) is 19.8 Å². The van der Waals surface area contributed by atoms with Crippen LogP contribution in [0.1, 0.15) is 17.0 Å². The largest absolute Gasteiger partial charge is 0.379 e. The van der Waals surface area contributed by atoms with E-state index in [1.54, 1.807) is 11.8 Å². The van der Waals surface area contributed by atoms with Gasteiger partial charge in [-0.2, -0.15) is 0 Å². The van der Waals surface area contributed by atoms with Gasteiger partial charge in [0.2, 0.25) is 5.16 Å². The number of nitrogens with zero attached hydrogens (tertiary/aromatic N) is 4. The van der Waals surface area contributed by atoms with E-state index in [4.69, 9.17) is 4.74 Å². The van der Waals surface area contributed by atoms with E-state index in [1.165, 1.54) is 5.56 Å². The second-order valence-electron chi connectivity index (χ2n) is 7.09. The van der Waals surface area contributed by atoms with Crippen LogP contribution in [-0.2, 0) is 11.2 Å². The molecule has 1 N–H and O–H groups in total. The Kier molecular flexibility index (Phi) is 5.34. The van der Waals surface area contributed by atoms with Crippen molar-refractivity contribution in [2.75, 3.05) is 38.3 Å². The third-order valence-electron chi connectivity index (χ3n) is 5.20. The molecule has 0 amide bonds. The fourth-order valence-electron chi connectivity index (χ4n) is 3.62. The summed E-state index contributed by atoms with van der Waals surface area (Å²) in [6.45, 7) is 4.55. The summed E-state index contributed by atoms with van der Waals surface area (Å²) < 4.78 is 7.49. The van der Waals surface area contributed by atoms with Gasteiger partial charge in [-0.1, -0.05) is 60.7 Å². The summed E-state index contributed by atoms with van der Waals surface area (Å²) in [6.07, 6.45) is 0.850. The number of aromatic nitrogens is 3. The van der Waals surface area contributed by atoms with Gasteiger partial charge in [0.25, 0.3) is 0 Å². The van der Waals surface area contributed by atoms with Crippen LogP contribution in [0.3, 0.4) is 0 Å². The third-order valence-corrected chi connectivity index (χ3v) is 6.29. The summed E-state index contributed by atoms with van der Waals surface area (Å²) >= 11 is 1.67. The van der Waals surface area contributed by atoms with Gasteiger partial charge in [0.15, 0.2) is 5.82 Å². The van der Waals surface area contributed by atoms with Gasteiger partial charge >= 0.3 is 0 Å². The quantitative estimate of drug-likeness (QED) is 0.703. The molecular weight excluding hydrogens is 382 g/mol. The predicted molar refractivity (Wildman–Crippen MR) is 116 cm³/mol. The maximum Gasteiger partial charge on any atom is 0.215 e. The van der Waals surface area contributed by atoms with Crippen molar-refractivity contribution in [3.05, 3.63) is 77.6 Å². The van der Waals surface area contributed by atoms with E-state index in [0.29, 0.717) is 0 Å². The summed E-state index contributed by atoms with van der Waals surface area (Å²) in [5, 5.41) is 9.82. The molecule has 5 rings (SSSR count). The van der Waals surface area contributed by atoms with Gasteiger partial charge in [0, 0.05) is 36.5 Å². The zero-order valence-corrected chi connectivity index (χ0v) is 16.9. The topological polar surface area (TPSA) is 55.2 Å². The molecule has 2 aliphatic rings. The summed E-state index contributed by atoms with van der Waals surface area (Å²) in [5.41, 5.74) is 7.01. The molecule has 1 saturated heterocycles. The molecule has 29 heavy (non-hydrogen) atoms. The number of fused-ring (bicyclic) bond motifs is 1. The van der Waals surface area contributed by atoms with Crippen LogP contribution in [0.15, 0.2) is 65.8 Å². The monoisotopic (exact) mass is 405 g/mol. The Labute approximate surface area is 174 Å². The van der Waals surface area contributed by atoms with Crippen molar-refractivity contribution in [1.29, 1.82) is 0 Å². The SMILES string of the molecule is c1ccc(C2=C(c3ccccc3)Sc3nnc(CCN4CCOCC4)n3N2)cc1. The van der Waals surface area contributed by atoms with Gasteiger partial charge < -0.3 is 4.74 Å². The average Bonchev–Trinajstić information content (AvgIpc) is 3.21. The average molecular weight is 406 g/mol. The zero-order chi connectivity index (χ0) is 19.5. The second-order valence-corrected chi connectivity index (χ2v) is 8.07. The molecule has 0 saturated carbocycles. The van der Waals surface area contributed by atoms with E-state index in [0.717, 1.165) is 66.4 Å². The number of ether oxygens (including phenoxy) is 1. The predicted octanol–water partition coefficient (Wildman–Crippen LogP) is 3.33. The second kappa shape index (κ2) is 8.41. The van der Waals surface area contributed by atoms with E-state index >= 15 is 0 Å². The number of nitrogens with one attached hydrogen (secondary N) is 1. The minimum absolute atomic E-state index is 0.813. The Balaban J connectivity index is 1.45. The van der Waals surface area contributed by atoms with Crippen molar-refractivity contribution in [2.45, 2.75) is 11.6 Å². The minimum atomic E-state index is 0.813. The molecular formula is C22H23N5OS. The van der Waals surface area contributed by atoms with E-state index in [9.17, 15) is 0 Å². The summed E-state index contributed by atoms with van der Waals surface area (Å²) in [5.74, 6) is 0.958. The van der Waals surface area contributed by atoms with Crippen LogP contribution < -0.4 is 5.43 Å².